The molecule has 142 valence electrons. The molecule has 1 aromatic heterocycles. The molecule has 4 nitrogen and oxygen atoms in total. The van der Waals surface area contributed by atoms with Gasteiger partial charge < -0.3 is 10.6 Å². The number of aliphatic imine (C=N–C) groups is 1. The van der Waals surface area contributed by atoms with E-state index in [9.17, 15) is 0 Å². The third-order valence-corrected chi connectivity index (χ3v) is 5.14. The number of hydrogen-bond donors (Lipinski definition) is 2. The molecule has 0 radical (unpaired) electrons. The number of aromatic nitrogens is 1. The van der Waals surface area contributed by atoms with Crippen molar-refractivity contribution >= 4 is 41.7 Å². The van der Waals surface area contributed by atoms with E-state index in [1.54, 1.807) is 0 Å². The molecular formula is C20H29IN4S. The van der Waals surface area contributed by atoms with Gasteiger partial charge in [0.2, 0.25) is 0 Å². The topological polar surface area (TPSA) is 49.3 Å². The number of hydrogen-bond acceptors (Lipinski definition) is 3. The Hall–Kier alpha value is -1.28. The molecule has 0 fully saturated rings. The summed E-state index contributed by atoms with van der Waals surface area (Å²) in [6.07, 6.45) is 3.95. The summed E-state index contributed by atoms with van der Waals surface area (Å²) in [5, 5.41) is 6.75. The average molecular weight is 484 g/mol. The smallest absolute Gasteiger partial charge is 0.191 e. The zero-order valence-electron chi connectivity index (χ0n) is 16.0. The van der Waals surface area contributed by atoms with Crippen LogP contribution in [0.25, 0.3) is 11.3 Å². The van der Waals surface area contributed by atoms with Crippen LogP contribution in [-0.2, 0) is 6.54 Å². The number of rotatable bonds is 7. The summed E-state index contributed by atoms with van der Waals surface area (Å²) >= 11 is 1.85. The second-order valence-corrected chi connectivity index (χ2v) is 7.94. The molecule has 2 rings (SSSR count). The SMILES string of the molecule is CCNC(=NCc1cccc(-c2ccccn2)c1)NCC(C)(C)SC.I. The maximum absolute atomic E-state index is 4.72. The first-order valence-corrected chi connectivity index (χ1v) is 9.84. The highest BCUT2D eigenvalue weighted by atomic mass is 127. The largest absolute Gasteiger partial charge is 0.357 e. The summed E-state index contributed by atoms with van der Waals surface area (Å²) in [5.41, 5.74) is 3.28. The van der Waals surface area contributed by atoms with Crippen molar-refractivity contribution in [2.24, 2.45) is 4.99 Å². The van der Waals surface area contributed by atoms with Gasteiger partial charge >= 0.3 is 0 Å². The molecule has 0 bridgehead atoms. The molecule has 0 saturated heterocycles. The first-order chi connectivity index (χ1) is 12.0. The molecule has 0 aliphatic heterocycles. The fourth-order valence-corrected chi connectivity index (χ4v) is 2.46. The van der Waals surface area contributed by atoms with E-state index in [0.717, 1.165) is 30.3 Å². The van der Waals surface area contributed by atoms with Gasteiger partial charge in [0.05, 0.1) is 12.2 Å². The minimum Gasteiger partial charge on any atom is -0.357 e. The van der Waals surface area contributed by atoms with Gasteiger partial charge in [-0.25, -0.2) is 4.99 Å². The van der Waals surface area contributed by atoms with Gasteiger partial charge in [0.15, 0.2) is 5.96 Å². The molecule has 1 aromatic carbocycles. The highest BCUT2D eigenvalue weighted by Gasteiger charge is 2.16. The van der Waals surface area contributed by atoms with Gasteiger partial charge in [-0.1, -0.05) is 24.3 Å². The van der Waals surface area contributed by atoms with Gasteiger partial charge in [-0.05, 0) is 50.8 Å². The maximum atomic E-state index is 4.72. The lowest BCUT2D eigenvalue weighted by molar-refractivity contribution is 0.665. The van der Waals surface area contributed by atoms with Crippen LogP contribution in [0.3, 0.4) is 0 Å². The Morgan fingerprint density at radius 2 is 1.96 bits per heavy atom. The van der Waals surface area contributed by atoms with E-state index in [2.05, 4.69) is 66.9 Å². The van der Waals surface area contributed by atoms with Crippen LogP contribution < -0.4 is 10.6 Å². The zero-order valence-corrected chi connectivity index (χ0v) is 19.1. The Morgan fingerprint density at radius 3 is 2.62 bits per heavy atom. The van der Waals surface area contributed by atoms with Crippen molar-refractivity contribution in [1.29, 1.82) is 0 Å². The Bertz CT molecular complexity index is 689. The van der Waals surface area contributed by atoms with Crippen molar-refractivity contribution in [1.82, 2.24) is 15.6 Å². The van der Waals surface area contributed by atoms with E-state index < -0.39 is 0 Å². The lowest BCUT2D eigenvalue weighted by atomic mass is 10.1. The third-order valence-electron chi connectivity index (χ3n) is 3.89. The number of nitrogens with zero attached hydrogens (tertiary/aromatic N) is 2. The first kappa shape index (κ1) is 22.8. The van der Waals surface area contributed by atoms with Crippen molar-refractivity contribution in [2.75, 3.05) is 19.3 Å². The minimum absolute atomic E-state index is 0. The van der Waals surface area contributed by atoms with Gasteiger partial charge in [-0.3, -0.25) is 4.98 Å². The summed E-state index contributed by atoms with van der Waals surface area (Å²) in [6.45, 7) is 8.89. The Kier molecular flexibility index (Phi) is 10.0. The standard InChI is InChI=1S/C20H28N4S.HI/c1-5-21-19(24-15-20(2,3)25-4)23-14-16-9-8-10-17(13-16)18-11-6-7-12-22-18;/h6-13H,5,14-15H2,1-4H3,(H2,21,23,24);1H. The number of halogens is 1. The summed E-state index contributed by atoms with van der Waals surface area (Å²) in [5.74, 6) is 0.855. The fraction of sp³-hybridized carbons (Fsp3) is 0.400. The average Bonchev–Trinajstić information content (AvgIpc) is 2.65. The molecule has 1 heterocycles. The van der Waals surface area contributed by atoms with E-state index in [0.29, 0.717) is 6.54 Å². The van der Waals surface area contributed by atoms with E-state index in [1.807, 2.05) is 36.2 Å². The molecular weight excluding hydrogens is 455 g/mol. The van der Waals surface area contributed by atoms with Crippen LogP contribution in [0.4, 0.5) is 0 Å². The number of nitrogens with one attached hydrogen (secondary N) is 2. The van der Waals surface area contributed by atoms with Crippen molar-refractivity contribution in [3.8, 4) is 11.3 Å². The highest BCUT2D eigenvalue weighted by Crippen LogP contribution is 2.20. The second kappa shape index (κ2) is 11.4. The van der Waals surface area contributed by atoms with Crippen LogP contribution in [0.5, 0.6) is 0 Å². The molecule has 0 saturated carbocycles. The van der Waals surface area contributed by atoms with Crippen LogP contribution in [0.2, 0.25) is 0 Å². The molecule has 2 aromatic rings. The van der Waals surface area contributed by atoms with Crippen molar-refractivity contribution in [3.63, 3.8) is 0 Å². The van der Waals surface area contributed by atoms with E-state index >= 15 is 0 Å². The van der Waals surface area contributed by atoms with Gasteiger partial charge in [0, 0.05) is 29.6 Å². The van der Waals surface area contributed by atoms with Crippen LogP contribution in [0.1, 0.15) is 26.3 Å². The summed E-state index contributed by atoms with van der Waals surface area (Å²) in [7, 11) is 0. The van der Waals surface area contributed by atoms with Gasteiger partial charge in [0.1, 0.15) is 0 Å². The lowest BCUT2D eigenvalue weighted by Crippen LogP contribution is -2.43. The van der Waals surface area contributed by atoms with Crippen molar-refractivity contribution < 1.29 is 0 Å². The lowest BCUT2D eigenvalue weighted by Gasteiger charge is -2.23. The summed E-state index contributed by atoms with van der Waals surface area (Å²) < 4.78 is 0.176. The maximum Gasteiger partial charge on any atom is 0.191 e. The number of pyridine rings is 1. The zero-order chi connectivity index (χ0) is 18.1. The Morgan fingerprint density at radius 1 is 1.15 bits per heavy atom. The third kappa shape index (κ3) is 7.53. The summed E-state index contributed by atoms with van der Waals surface area (Å²) in [6, 6.07) is 14.4. The van der Waals surface area contributed by atoms with E-state index in [4.69, 9.17) is 4.99 Å². The predicted molar refractivity (Wildman–Crippen MR) is 126 cm³/mol. The van der Waals surface area contributed by atoms with Gasteiger partial charge in [-0.15, -0.1) is 24.0 Å². The van der Waals surface area contributed by atoms with Crippen molar-refractivity contribution in [3.05, 3.63) is 54.2 Å². The molecule has 26 heavy (non-hydrogen) atoms. The molecule has 0 atom stereocenters. The molecule has 0 aliphatic carbocycles. The molecule has 0 spiro atoms. The quantitative estimate of drug-likeness (QED) is 0.344. The number of guanidine groups is 1. The fourth-order valence-electron chi connectivity index (χ4n) is 2.24. The van der Waals surface area contributed by atoms with E-state index in [1.165, 1.54) is 5.56 Å². The van der Waals surface area contributed by atoms with Crippen LogP contribution in [0, 0.1) is 0 Å². The normalized spacial score (nSPS) is 11.6. The Labute approximate surface area is 178 Å². The van der Waals surface area contributed by atoms with Gasteiger partial charge in [0.25, 0.3) is 0 Å². The minimum atomic E-state index is 0. The van der Waals surface area contributed by atoms with E-state index in [-0.39, 0.29) is 28.7 Å². The predicted octanol–water partition coefficient (Wildman–Crippen LogP) is 4.56. The van der Waals surface area contributed by atoms with Crippen molar-refractivity contribution in [2.45, 2.75) is 32.1 Å². The molecule has 0 amide bonds. The van der Waals surface area contributed by atoms with Crippen LogP contribution in [0.15, 0.2) is 53.7 Å². The molecule has 0 unspecified atom stereocenters. The Balaban J connectivity index is 0.00000338. The highest BCUT2D eigenvalue weighted by molar-refractivity contribution is 14.0. The molecule has 0 aliphatic rings. The molecule has 6 heteroatoms. The van der Waals surface area contributed by atoms with Crippen LogP contribution >= 0.6 is 35.7 Å². The number of benzene rings is 1. The van der Waals surface area contributed by atoms with Crippen LogP contribution in [-0.4, -0.2) is 35.0 Å². The second-order valence-electron chi connectivity index (χ2n) is 6.43. The summed E-state index contributed by atoms with van der Waals surface area (Å²) in [4.78, 5) is 9.14. The monoisotopic (exact) mass is 484 g/mol. The first-order valence-electron chi connectivity index (χ1n) is 8.62. The van der Waals surface area contributed by atoms with Gasteiger partial charge in [-0.2, -0.15) is 11.8 Å². The number of thioether (sulfide) groups is 1. The molecule has 2 N–H and O–H groups in total.